The van der Waals surface area contributed by atoms with Gasteiger partial charge in [0, 0.05) is 19.7 Å². The molecule has 0 aliphatic rings. The van der Waals surface area contributed by atoms with E-state index < -0.39 is 12.1 Å². The van der Waals surface area contributed by atoms with Crippen LogP contribution in [0.5, 0.6) is 0 Å². The van der Waals surface area contributed by atoms with E-state index in [0.29, 0.717) is 12.1 Å². The predicted octanol–water partition coefficient (Wildman–Crippen LogP) is 0.174. The van der Waals surface area contributed by atoms with Crippen molar-refractivity contribution in [1.82, 2.24) is 25.2 Å². The fourth-order valence-corrected chi connectivity index (χ4v) is 2.57. The summed E-state index contributed by atoms with van der Waals surface area (Å²) in [5, 5.41) is 13.1. The number of hydrogen-bond acceptors (Lipinski definition) is 5. The first-order valence-corrected chi connectivity index (χ1v) is 7.29. The highest BCUT2D eigenvalue weighted by atomic mass is 16.3. The molecule has 1 amide bonds. The third-order valence-corrected chi connectivity index (χ3v) is 3.80. The zero-order valence-electron chi connectivity index (χ0n) is 13.4. The Kier molecular flexibility index (Phi) is 5.10. The molecule has 0 aromatic carbocycles. The van der Waals surface area contributed by atoms with Crippen LogP contribution in [-0.2, 0) is 11.2 Å². The number of nitrogens with one attached hydrogen (secondary N) is 2. The zero-order valence-corrected chi connectivity index (χ0v) is 13.4. The third kappa shape index (κ3) is 3.42. The molecule has 7 heteroatoms. The van der Waals surface area contributed by atoms with Crippen molar-refractivity contribution < 1.29 is 9.90 Å². The molecule has 0 aliphatic carbocycles. The van der Waals surface area contributed by atoms with Gasteiger partial charge in [-0.3, -0.25) is 9.69 Å². The number of fused-ring (bicyclic) bond motifs is 1. The van der Waals surface area contributed by atoms with E-state index >= 15 is 0 Å². The minimum absolute atomic E-state index is 0.134. The van der Waals surface area contributed by atoms with Gasteiger partial charge in [0.05, 0.1) is 11.6 Å². The number of likely N-dealkylation sites (N-methyl/N-ethyl adjacent to an activating group) is 2. The Hall–Kier alpha value is -1.99. The Morgan fingerprint density at radius 1 is 1.50 bits per heavy atom. The van der Waals surface area contributed by atoms with Crippen molar-refractivity contribution in [2.45, 2.75) is 25.5 Å². The summed E-state index contributed by atoms with van der Waals surface area (Å²) in [6.07, 6.45) is 1.44. The third-order valence-electron chi connectivity index (χ3n) is 3.80. The lowest BCUT2D eigenvalue weighted by atomic mass is 9.93. The molecule has 0 spiro atoms. The van der Waals surface area contributed by atoms with Crippen molar-refractivity contribution in [3.63, 3.8) is 0 Å². The first-order chi connectivity index (χ1) is 10.4. The summed E-state index contributed by atoms with van der Waals surface area (Å²) in [4.78, 5) is 25.5. The molecule has 0 unspecified atom stereocenters. The molecule has 0 saturated heterocycles. The Balaban J connectivity index is 2.12. The maximum Gasteiger partial charge on any atom is 0.239 e. The van der Waals surface area contributed by atoms with Gasteiger partial charge >= 0.3 is 0 Å². The molecule has 0 saturated carbocycles. The number of aliphatic hydroxyl groups is 1. The summed E-state index contributed by atoms with van der Waals surface area (Å²) in [7, 11) is 5.13. The molecule has 2 heterocycles. The number of carbonyl (C=O) groups is 1. The fraction of sp³-hybridized carbons (Fsp3) is 0.533. The molecule has 3 atom stereocenters. The van der Waals surface area contributed by atoms with Crippen LogP contribution in [0.4, 0.5) is 0 Å². The molecule has 120 valence electrons. The van der Waals surface area contributed by atoms with Crippen molar-refractivity contribution in [2.24, 2.45) is 5.92 Å². The summed E-state index contributed by atoms with van der Waals surface area (Å²) in [6, 6.07) is 3.16. The Morgan fingerprint density at radius 3 is 2.82 bits per heavy atom. The number of aliphatic hydroxyl groups excluding tert-OH is 1. The fourth-order valence-electron chi connectivity index (χ4n) is 2.57. The summed E-state index contributed by atoms with van der Waals surface area (Å²) < 4.78 is 0. The summed E-state index contributed by atoms with van der Waals surface area (Å²) in [5.74, 6) is 0.426. The van der Waals surface area contributed by atoms with Crippen LogP contribution >= 0.6 is 0 Å². The lowest BCUT2D eigenvalue weighted by molar-refractivity contribution is -0.130. The lowest BCUT2D eigenvalue weighted by Crippen LogP contribution is -2.52. The Morgan fingerprint density at radius 2 is 2.23 bits per heavy atom. The first kappa shape index (κ1) is 16.4. The number of nitrogens with zero attached hydrogens (tertiary/aromatic N) is 3. The van der Waals surface area contributed by atoms with E-state index in [4.69, 9.17) is 0 Å². The second-order valence-corrected chi connectivity index (χ2v) is 5.75. The number of carbonyl (C=O) groups excluding carboxylic acids is 1. The van der Waals surface area contributed by atoms with Gasteiger partial charge in [-0.15, -0.1) is 0 Å². The molecule has 0 aliphatic heterocycles. The van der Waals surface area contributed by atoms with E-state index in [9.17, 15) is 9.90 Å². The molecule has 2 aromatic rings. The van der Waals surface area contributed by atoms with Crippen molar-refractivity contribution in [3.05, 3.63) is 24.2 Å². The Labute approximate surface area is 129 Å². The van der Waals surface area contributed by atoms with Crippen LogP contribution in [0.2, 0.25) is 0 Å². The van der Waals surface area contributed by atoms with Gasteiger partial charge in [-0.05, 0) is 32.1 Å². The maximum absolute atomic E-state index is 11.9. The topological polar surface area (TPSA) is 94.1 Å². The average molecular weight is 305 g/mol. The van der Waals surface area contributed by atoms with Crippen LogP contribution in [0, 0.1) is 5.92 Å². The number of aromatic nitrogens is 3. The van der Waals surface area contributed by atoms with Gasteiger partial charge in [-0.1, -0.05) is 6.92 Å². The predicted molar refractivity (Wildman–Crippen MR) is 84.3 cm³/mol. The number of rotatable bonds is 6. The van der Waals surface area contributed by atoms with Crippen LogP contribution in [0.1, 0.15) is 12.7 Å². The van der Waals surface area contributed by atoms with Crippen molar-refractivity contribution in [1.29, 1.82) is 0 Å². The summed E-state index contributed by atoms with van der Waals surface area (Å²) >= 11 is 0. The number of H-pyrrole nitrogens is 1. The minimum Gasteiger partial charge on any atom is -0.391 e. The minimum atomic E-state index is -0.795. The monoisotopic (exact) mass is 305 g/mol. The van der Waals surface area contributed by atoms with Crippen molar-refractivity contribution in [2.75, 3.05) is 21.1 Å². The number of pyridine rings is 1. The second-order valence-electron chi connectivity index (χ2n) is 5.75. The number of hydrogen-bond donors (Lipinski definition) is 3. The molecule has 2 aromatic heterocycles. The van der Waals surface area contributed by atoms with Crippen LogP contribution in [0.15, 0.2) is 18.3 Å². The van der Waals surface area contributed by atoms with Crippen LogP contribution < -0.4 is 5.32 Å². The van der Waals surface area contributed by atoms with Gasteiger partial charge in [0.2, 0.25) is 5.91 Å². The van der Waals surface area contributed by atoms with Gasteiger partial charge < -0.3 is 15.4 Å². The Bertz CT molecular complexity index is 607. The summed E-state index contributed by atoms with van der Waals surface area (Å²) in [5.41, 5.74) is 1.53. The molecule has 0 radical (unpaired) electrons. The smallest absolute Gasteiger partial charge is 0.239 e. The van der Waals surface area contributed by atoms with Gasteiger partial charge in [0.25, 0.3) is 0 Å². The highest BCUT2D eigenvalue weighted by molar-refractivity contribution is 5.82. The number of aromatic amines is 1. The zero-order chi connectivity index (χ0) is 16.3. The number of imidazole rings is 1. The van der Waals surface area contributed by atoms with Crippen LogP contribution in [-0.4, -0.2) is 64.2 Å². The van der Waals surface area contributed by atoms with Gasteiger partial charge in [-0.25, -0.2) is 9.97 Å². The van der Waals surface area contributed by atoms with E-state index in [2.05, 4.69) is 20.3 Å². The molecule has 22 heavy (non-hydrogen) atoms. The van der Waals surface area contributed by atoms with Crippen molar-refractivity contribution >= 4 is 17.1 Å². The van der Waals surface area contributed by atoms with Gasteiger partial charge in [0.1, 0.15) is 11.9 Å². The van der Waals surface area contributed by atoms with E-state index in [-0.39, 0.29) is 11.8 Å². The maximum atomic E-state index is 11.9. The van der Waals surface area contributed by atoms with Crippen molar-refractivity contribution in [3.8, 4) is 0 Å². The van der Waals surface area contributed by atoms with Crippen LogP contribution in [0.25, 0.3) is 11.2 Å². The lowest BCUT2D eigenvalue weighted by Gasteiger charge is -2.30. The molecule has 7 nitrogen and oxygen atoms in total. The first-order valence-electron chi connectivity index (χ1n) is 7.29. The standard InChI is InChI=1S/C15H23N5O2/c1-9(13(21)12(20(3)4)15(22)16-2)8-11-18-10-6-5-7-17-14(10)19-11/h5-7,9,12-13,21H,8H2,1-4H3,(H,16,22)(H,17,18,19)/t9-,12-,13-/m1/s1. The highest BCUT2D eigenvalue weighted by Crippen LogP contribution is 2.17. The second kappa shape index (κ2) is 6.85. The van der Waals surface area contributed by atoms with Crippen LogP contribution in [0.3, 0.4) is 0 Å². The molecule has 3 N–H and O–H groups in total. The number of amides is 1. The van der Waals surface area contributed by atoms with E-state index in [0.717, 1.165) is 11.3 Å². The SMILES string of the molecule is CNC(=O)[C@@H]([C@H](O)[C@H](C)Cc1nc2ncccc2[nH]1)N(C)C. The van der Waals surface area contributed by atoms with E-state index in [1.165, 1.54) is 0 Å². The largest absolute Gasteiger partial charge is 0.391 e. The summed E-state index contributed by atoms with van der Waals surface area (Å²) in [6.45, 7) is 1.91. The molecule has 0 fully saturated rings. The van der Waals surface area contributed by atoms with E-state index in [1.807, 2.05) is 19.1 Å². The van der Waals surface area contributed by atoms with Gasteiger partial charge in [-0.2, -0.15) is 0 Å². The molecule has 0 bridgehead atoms. The normalized spacial score (nSPS) is 15.7. The quantitative estimate of drug-likeness (QED) is 0.707. The van der Waals surface area contributed by atoms with E-state index in [1.54, 1.807) is 32.2 Å². The molecule has 2 rings (SSSR count). The average Bonchev–Trinajstić information content (AvgIpc) is 2.88. The van der Waals surface area contributed by atoms with Gasteiger partial charge in [0.15, 0.2) is 5.65 Å². The molecular weight excluding hydrogens is 282 g/mol. The highest BCUT2D eigenvalue weighted by Gasteiger charge is 2.32. The molecular formula is C15H23N5O2.